The normalized spacial score (nSPS) is 11.9. The highest BCUT2D eigenvalue weighted by molar-refractivity contribution is 7.98. The van der Waals surface area contributed by atoms with Crippen LogP contribution in [-0.2, 0) is 17.9 Å². The molecule has 0 bridgehead atoms. The Morgan fingerprint density at radius 3 is 2.50 bits per heavy atom. The van der Waals surface area contributed by atoms with Gasteiger partial charge >= 0.3 is 5.97 Å². The van der Waals surface area contributed by atoms with Crippen molar-refractivity contribution in [2.75, 3.05) is 17.3 Å². The van der Waals surface area contributed by atoms with E-state index in [1.807, 2.05) is 36.6 Å². The lowest BCUT2D eigenvalue weighted by atomic mass is 10.2. The predicted octanol–water partition coefficient (Wildman–Crippen LogP) is 2.38. The molecular formula is C17H22N4O2S. The van der Waals surface area contributed by atoms with Gasteiger partial charge in [-0.2, -0.15) is 11.8 Å². The molecule has 0 saturated carbocycles. The highest BCUT2D eigenvalue weighted by atomic mass is 32.2. The fraction of sp³-hybridized carbons (Fsp3) is 0.353. The summed E-state index contributed by atoms with van der Waals surface area (Å²) >= 11 is 1.64. The number of hydrogen-bond donors (Lipinski definition) is 3. The molecule has 0 saturated heterocycles. The number of nitrogens with one attached hydrogen (secondary N) is 2. The molecule has 0 aliphatic carbocycles. The molecule has 2 aromatic rings. The summed E-state index contributed by atoms with van der Waals surface area (Å²) in [7, 11) is 0. The zero-order valence-electron chi connectivity index (χ0n) is 13.6. The van der Waals surface area contributed by atoms with E-state index in [4.69, 9.17) is 0 Å². The smallest absolute Gasteiger partial charge is 0.320 e. The minimum absolute atomic E-state index is 0.435. The lowest BCUT2D eigenvalue weighted by Gasteiger charge is -2.13. The van der Waals surface area contributed by atoms with Gasteiger partial charge in [-0.15, -0.1) is 0 Å². The van der Waals surface area contributed by atoms with E-state index in [1.54, 1.807) is 24.2 Å². The first kappa shape index (κ1) is 18.2. The summed E-state index contributed by atoms with van der Waals surface area (Å²) in [6.45, 7) is 1.10. The number of thioether (sulfide) groups is 1. The molecule has 3 N–H and O–H groups in total. The van der Waals surface area contributed by atoms with Crippen molar-refractivity contribution in [3.63, 3.8) is 0 Å². The van der Waals surface area contributed by atoms with Crippen molar-refractivity contribution in [1.82, 2.24) is 15.3 Å². The van der Waals surface area contributed by atoms with Crippen molar-refractivity contribution in [2.24, 2.45) is 0 Å². The second kappa shape index (κ2) is 9.89. The molecule has 6 nitrogen and oxygen atoms in total. The topological polar surface area (TPSA) is 87.1 Å². The van der Waals surface area contributed by atoms with E-state index >= 15 is 0 Å². The van der Waals surface area contributed by atoms with Gasteiger partial charge in [0.2, 0.25) is 5.95 Å². The van der Waals surface area contributed by atoms with Crippen molar-refractivity contribution in [2.45, 2.75) is 25.6 Å². The lowest BCUT2D eigenvalue weighted by Crippen LogP contribution is -2.36. The number of benzene rings is 1. The first-order valence-electron chi connectivity index (χ1n) is 7.73. The van der Waals surface area contributed by atoms with E-state index in [0.29, 0.717) is 25.5 Å². The van der Waals surface area contributed by atoms with Crippen LogP contribution in [0.15, 0.2) is 42.7 Å². The SMILES string of the molecule is CSCC[C@@H](NCc1cnc(NCc2ccccc2)nc1)C(=O)O. The zero-order chi connectivity index (χ0) is 17.2. The third-order valence-corrected chi connectivity index (χ3v) is 4.10. The Balaban J connectivity index is 1.81. The predicted molar refractivity (Wildman–Crippen MR) is 97.1 cm³/mol. The number of nitrogens with zero attached hydrogens (tertiary/aromatic N) is 2. The van der Waals surface area contributed by atoms with Crippen LogP contribution < -0.4 is 10.6 Å². The van der Waals surface area contributed by atoms with Crippen LogP contribution in [0.2, 0.25) is 0 Å². The second-order valence-corrected chi connectivity index (χ2v) is 6.29. The number of hydrogen-bond acceptors (Lipinski definition) is 6. The summed E-state index contributed by atoms with van der Waals surface area (Å²) in [6.07, 6.45) is 5.98. The van der Waals surface area contributed by atoms with Crippen molar-refractivity contribution in [3.05, 3.63) is 53.9 Å². The Morgan fingerprint density at radius 2 is 1.88 bits per heavy atom. The number of carboxylic acid groups (broad SMARTS) is 1. The van der Waals surface area contributed by atoms with Gasteiger partial charge in [-0.25, -0.2) is 9.97 Å². The van der Waals surface area contributed by atoms with Crippen LogP contribution in [0.4, 0.5) is 5.95 Å². The molecule has 1 atom stereocenters. The van der Waals surface area contributed by atoms with Crippen LogP contribution >= 0.6 is 11.8 Å². The molecule has 1 aromatic heterocycles. The Morgan fingerprint density at radius 1 is 1.17 bits per heavy atom. The first-order valence-corrected chi connectivity index (χ1v) is 9.12. The number of rotatable bonds is 10. The van der Waals surface area contributed by atoms with Gasteiger partial charge in [-0.3, -0.25) is 4.79 Å². The van der Waals surface area contributed by atoms with Crippen LogP contribution in [0.5, 0.6) is 0 Å². The average Bonchev–Trinajstić information content (AvgIpc) is 2.61. The number of aliphatic carboxylic acids is 1. The van der Waals surface area contributed by atoms with Crippen molar-refractivity contribution in [3.8, 4) is 0 Å². The van der Waals surface area contributed by atoms with Crippen molar-refractivity contribution >= 4 is 23.7 Å². The maximum atomic E-state index is 11.2. The Kier molecular flexibility index (Phi) is 7.51. The quantitative estimate of drug-likeness (QED) is 0.609. The van der Waals surface area contributed by atoms with Crippen LogP contribution in [0.25, 0.3) is 0 Å². The molecule has 0 aliphatic heterocycles. The highest BCUT2D eigenvalue weighted by Crippen LogP contribution is 2.06. The fourth-order valence-electron chi connectivity index (χ4n) is 2.10. The maximum absolute atomic E-state index is 11.2. The molecule has 128 valence electrons. The number of carbonyl (C=O) groups is 1. The lowest BCUT2D eigenvalue weighted by molar-refractivity contribution is -0.139. The van der Waals surface area contributed by atoms with Gasteiger partial charge < -0.3 is 15.7 Å². The summed E-state index contributed by atoms with van der Waals surface area (Å²) in [6, 6.07) is 9.47. The van der Waals surface area contributed by atoms with E-state index in [9.17, 15) is 9.90 Å². The van der Waals surface area contributed by atoms with Crippen LogP contribution in [0.1, 0.15) is 17.5 Å². The molecule has 0 aliphatic rings. The van der Waals surface area contributed by atoms with E-state index in [0.717, 1.165) is 16.9 Å². The molecule has 1 aromatic carbocycles. The third-order valence-electron chi connectivity index (χ3n) is 3.46. The molecule has 1 heterocycles. The molecule has 2 rings (SSSR count). The summed E-state index contributed by atoms with van der Waals surface area (Å²) in [5.41, 5.74) is 2.01. The molecule has 0 fully saturated rings. The Hall–Kier alpha value is -2.12. The standard InChI is InChI=1S/C17H22N4O2S/c1-24-8-7-15(16(22)23)18-10-14-11-20-17(21-12-14)19-9-13-5-3-2-4-6-13/h2-6,11-12,15,18H,7-10H2,1H3,(H,22,23)(H,19,20,21)/t15-/m1/s1. The Labute approximate surface area is 146 Å². The molecule has 0 spiro atoms. The van der Waals surface area contributed by atoms with E-state index in [2.05, 4.69) is 20.6 Å². The molecule has 0 unspecified atom stereocenters. The van der Waals surface area contributed by atoms with Crippen molar-refractivity contribution in [1.29, 1.82) is 0 Å². The third kappa shape index (κ3) is 6.17. The molecule has 0 radical (unpaired) electrons. The number of aromatic nitrogens is 2. The van der Waals surface area contributed by atoms with Gasteiger partial charge in [0, 0.05) is 31.0 Å². The number of carboxylic acids is 1. The minimum Gasteiger partial charge on any atom is -0.480 e. The average molecular weight is 346 g/mol. The summed E-state index contributed by atoms with van der Waals surface area (Å²) in [5.74, 6) is 0.536. The van der Waals surface area contributed by atoms with Gasteiger partial charge in [-0.1, -0.05) is 30.3 Å². The van der Waals surface area contributed by atoms with E-state index in [-0.39, 0.29) is 0 Å². The fourth-order valence-corrected chi connectivity index (χ4v) is 2.58. The van der Waals surface area contributed by atoms with Crippen molar-refractivity contribution < 1.29 is 9.90 Å². The molecular weight excluding hydrogens is 324 g/mol. The Bertz CT molecular complexity index is 622. The second-order valence-electron chi connectivity index (χ2n) is 5.31. The van der Waals surface area contributed by atoms with Crippen LogP contribution in [0, 0.1) is 0 Å². The van der Waals surface area contributed by atoms with Crippen LogP contribution in [0.3, 0.4) is 0 Å². The molecule has 0 amide bonds. The summed E-state index contributed by atoms with van der Waals surface area (Å²) < 4.78 is 0. The summed E-state index contributed by atoms with van der Waals surface area (Å²) in [4.78, 5) is 19.7. The van der Waals surface area contributed by atoms with Gasteiger partial charge in [-0.05, 0) is 24.0 Å². The summed E-state index contributed by atoms with van der Waals surface area (Å²) in [5, 5.41) is 15.4. The molecule has 7 heteroatoms. The maximum Gasteiger partial charge on any atom is 0.320 e. The monoisotopic (exact) mass is 346 g/mol. The molecule has 24 heavy (non-hydrogen) atoms. The van der Waals surface area contributed by atoms with E-state index in [1.165, 1.54) is 0 Å². The van der Waals surface area contributed by atoms with Gasteiger partial charge in [0.1, 0.15) is 6.04 Å². The highest BCUT2D eigenvalue weighted by Gasteiger charge is 2.15. The van der Waals surface area contributed by atoms with Gasteiger partial charge in [0.15, 0.2) is 0 Å². The first-order chi connectivity index (χ1) is 11.7. The minimum atomic E-state index is -0.828. The largest absolute Gasteiger partial charge is 0.480 e. The van der Waals surface area contributed by atoms with E-state index < -0.39 is 12.0 Å². The number of anilines is 1. The zero-order valence-corrected chi connectivity index (χ0v) is 14.4. The van der Waals surface area contributed by atoms with Gasteiger partial charge in [0.05, 0.1) is 0 Å². The van der Waals surface area contributed by atoms with Crippen LogP contribution in [-0.4, -0.2) is 39.1 Å². The van der Waals surface area contributed by atoms with Gasteiger partial charge in [0.25, 0.3) is 0 Å².